The number of nitriles is 1. The Kier molecular flexibility index (Phi) is 6.09. The highest BCUT2D eigenvalue weighted by molar-refractivity contribution is 5.74. The van der Waals surface area contributed by atoms with Gasteiger partial charge in [-0.25, -0.2) is 9.59 Å². The number of aliphatic carboxylic acids is 1. The number of nitrogens with one attached hydrogen (secondary N) is 1. The quantitative estimate of drug-likeness (QED) is 0.733. The summed E-state index contributed by atoms with van der Waals surface area (Å²) < 4.78 is 5.28. The van der Waals surface area contributed by atoms with E-state index in [1.54, 1.807) is 0 Å². The van der Waals surface area contributed by atoms with Crippen molar-refractivity contribution in [2.45, 2.75) is 38.4 Å². The lowest BCUT2D eigenvalue weighted by molar-refractivity contribution is -0.149. The van der Waals surface area contributed by atoms with E-state index >= 15 is 0 Å². The molecule has 0 aromatic heterocycles. The van der Waals surface area contributed by atoms with Gasteiger partial charge in [0.15, 0.2) is 6.10 Å². The third kappa shape index (κ3) is 4.75. The van der Waals surface area contributed by atoms with E-state index in [1.807, 2.05) is 13.0 Å². The van der Waals surface area contributed by atoms with Gasteiger partial charge in [0.2, 0.25) is 0 Å². The minimum absolute atomic E-state index is 0.250. The first kappa shape index (κ1) is 15.2. The van der Waals surface area contributed by atoms with Crippen molar-refractivity contribution in [2.24, 2.45) is 0 Å². The molecule has 2 unspecified atom stereocenters. The van der Waals surface area contributed by atoms with Gasteiger partial charge in [-0.05, 0) is 19.8 Å². The number of carbonyl (C=O) groups excluding carboxylic acids is 1. The summed E-state index contributed by atoms with van der Waals surface area (Å²) in [5, 5.41) is 20.0. The number of rotatable bonds is 6. The van der Waals surface area contributed by atoms with E-state index < -0.39 is 12.1 Å². The second kappa shape index (κ2) is 7.59. The van der Waals surface area contributed by atoms with Crippen LogP contribution in [0.3, 0.4) is 0 Å². The first-order chi connectivity index (χ1) is 9.08. The number of ether oxygens (including phenoxy) is 1. The van der Waals surface area contributed by atoms with Gasteiger partial charge in [-0.2, -0.15) is 5.26 Å². The number of carbonyl (C=O) groups is 2. The van der Waals surface area contributed by atoms with Crippen LogP contribution in [0.5, 0.6) is 0 Å². The molecule has 1 rings (SSSR count). The maximum Gasteiger partial charge on any atom is 0.332 e. The molecule has 1 heterocycles. The number of nitrogens with zero attached hydrogens (tertiary/aromatic N) is 2. The van der Waals surface area contributed by atoms with E-state index in [0.717, 1.165) is 0 Å². The van der Waals surface area contributed by atoms with Crippen LogP contribution < -0.4 is 5.32 Å². The molecule has 106 valence electrons. The van der Waals surface area contributed by atoms with Crippen LogP contribution in [0.2, 0.25) is 0 Å². The molecular weight excluding hydrogens is 250 g/mol. The largest absolute Gasteiger partial charge is 0.479 e. The first-order valence-electron chi connectivity index (χ1n) is 6.36. The molecule has 0 spiro atoms. The molecule has 19 heavy (non-hydrogen) atoms. The van der Waals surface area contributed by atoms with Crippen LogP contribution in [-0.4, -0.2) is 53.8 Å². The molecule has 1 aliphatic heterocycles. The van der Waals surface area contributed by atoms with E-state index in [0.29, 0.717) is 38.9 Å². The topological polar surface area (TPSA) is 103 Å². The maximum absolute atomic E-state index is 11.8. The highest BCUT2D eigenvalue weighted by Crippen LogP contribution is 2.19. The summed E-state index contributed by atoms with van der Waals surface area (Å²) in [6.07, 6.45) is 0.383. The molecule has 0 aromatic carbocycles. The van der Waals surface area contributed by atoms with Crippen molar-refractivity contribution in [2.75, 3.05) is 19.6 Å². The van der Waals surface area contributed by atoms with Crippen molar-refractivity contribution in [3.63, 3.8) is 0 Å². The van der Waals surface area contributed by atoms with Gasteiger partial charge >= 0.3 is 12.0 Å². The van der Waals surface area contributed by atoms with Gasteiger partial charge in [0.1, 0.15) is 0 Å². The van der Waals surface area contributed by atoms with Crippen LogP contribution >= 0.6 is 0 Å². The van der Waals surface area contributed by atoms with Gasteiger partial charge in [0.05, 0.1) is 18.6 Å². The average Bonchev–Trinajstić information content (AvgIpc) is 2.86. The van der Waals surface area contributed by atoms with Gasteiger partial charge < -0.3 is 20.1 Å². The van der Waals surface area contributed by atoms with Gasteiger partial charge in [-0.1, -0.05) is 0 Å². The first-order valence-corrected chi connectivity index (χ1v) is 6.36. The lowest BCUT2D eigenvalue weighted by Gasteiger charge is -2.21. The monoisotopic (exact) mass is 269 g/mol. The number of hydrogen-bond acceptors (Lipinski definition) is 4. The highest BCUT2D eigenvalue weighted by atomic mass is 16.5. The molecule has 7 nitrogen and oxygen atoms in total. The van der Waals surface area contributed by atoms with Crippen molar-refractivity contribution in [1.82, 2.24) is 10.2 Å². The van der Waals surface area contributed by atoms with Crippen LogP contribution in [0.4, 0.5) is 4.79 Å². The Morgan fingerprint density at radius 1 is 1.53 bits per heavy atom. The lowest BCUT2D eigenvalue weighted by atomic mass is 10.2. The lowest BCUT2D eigenvalue weighted by Crippen LogP contribution is -2.43. The fraction of sp³-hybridized carbons (Fsp3) is 0.750. The molecule has 0 aromatic rings. The average molecular weight is 269 g/mol. The molecule has 0 bridgehead atoms. The number of amides is 2. The minimum atomic E-state index is -0.960. The zero-order chi connectivity index (χ0) is 14.3. The molecule has 7 heteroatoms. The Bertz CT molecular complexity index is 366. The number of carboxylic acids is 1. The summed E-state index contributed by atoms with van der Waals surface area (Å²) >= 11 is 0. The van der Waals surface area contributed by atoms with E-state index in [9.17, 15) is 9.59 Å². The SMILES string of the molecule is CCN(CCC#N)C(=O)NCC1CCC(C(=O)O)O1. The van der Waals surface area contributed by atoms with Gasteiger partial charge in [0, 0.05) is 19.6 Å². The minimum Gasteiger partial charge on any atom is -0.479 e. The van der Waals surface area contributed by atoms with Crippen molar-refractivity contribution < 1.29 is 19.4 Å². The van der Waals surface area contributed by atoms with Crippen molar-refractivity contribution in [3.05, 3.63) is 0 Å². The maximum atomic E-state index is 11.8. The Morgan fingerprint density at radius 3 is 2.79 bits per heavy atom. The highest BCUT2D eigenvalue weighted by Gasteiger charge is 2.30. The third-order valence-electron chi connectivity index (χ3n) is 3.03. The fourth-order valence-electron chi connectivity index (χ4n) is 1.94. The zero-order valence-corrected chi connectivity index (χ0v) is 11.0. The Morgan fingerprint density at radius 2 is 2.26 bits per heavy atom. The zero-order valence-electron chi connectivity index (χ0n) is 11.0. The van der Waals surface area contributed by atoms with E-state index in [1.165, 1.54) is 4.90 Å². The van der Waals surface area contributed by atoms with Crippen LogP contribution in [0.25, 0.3) is 0 Å². The third-order valence-corrected chi connectivity index (χ3v) is 3.03. The molecule has 2 N–H and O–H groups in total. The molecule has 1 fully saturated rings. The Labute approximate surface area is 112 Å². The molecule has 0 aliphatic carbocycles. The van der Waals surface area contributed by atoms with E-state index in [4.69, 9.17) is 15.1 Å². The van der Waals surface area contributed by atoms with Gasteiger partial charge in [-0.15, -0.1) is 0 Å². The molecule has 0 saturated carbocycles. The number of urea groups is 1. The predicted octanol–water partition coefficient (Wildman–Crippen LogP) is 0.564. The summed E-state index contributed by atoms with van der Waals surface area (Å²) in [7, 11) is 0. The Hall–Kier alpha value is -1.81. The molecule has 2 atom stereocenters. The second-order valence-corrected chi connectivity index (χ2v) is 4.34. The van der Waals surface area contributed by atoms with Gasteiger partial charge in [-0.3, -0.25) is 0 Å². The van der Waals surface area contributed by atoms with E-state index in [-0.39, 0.29) is 12.1 Å². The second-order valence-electron chi connectivity index (χ2n) is 4.34. The molecule has 2 amide bonds. The number of hydrogen-bond donors (Lipinski definition) is 2. The summed E-state index contributed by atoms with van der Waals surface area (Å²) in [5.74, 6) is -0.960. The van der Waals surface area contributed by atoms with Crippen LogP contribution in [0.15, 0.2) is 0 Å². The summed E-state index contributed by atoms with van der Waals surface area (Å²) in [6.45, 7) is 3.05. The van der Waals surface area contributed by atoms with Crippen molar-refractivity contribution >= 4 is 12.0 Å². The van der Waals surface area contributed by atoms with E-state index in [2.05, 4.69) is 5.32 Å². The molecule has 1 saturated heterocycles. The van der Waals surface area contributed by atoms with Crippen LogP contribution in [-0.2, 0) is 9.53 Å². The molecule has 1 aliphatic rings. The standard InChI is InChI=1S/C12H19N3O4/c1-2-15(7-3-6-13)12(18)14-8-9-4-5-10(19-9)11(16)17/h9-10H,2-5,7-8H2,1H3,(H,14,18)(H,16,17). The predicted molar refractivity (Wildman–Crippen MR) is 66.4 cm³/mol. The normalized spacial score (nSPS) is 21.7. The Balaban J connectivity index is 2.30. The summed E-state index contributed by atoms with van der Waals surface area (Å²) in [6, 6.07) is 1.74. The summed E-state index contributed by atoms with van der Waals surface area (Å²) in [5.41, 5.74) is 0. The summed E-state index contributed by atoms with van der Waals surface area (Å²) in [4.78, 5) is 24.0. The van der Waals surface area contributed by atoms with Crippen molar-refractivity contribution in [3.8, 4) is 6.07 Å². The molecule has 0 radical (unpaired) electrons. The molecular formula is C12H19N3O4. The fourth-order valence-corrected chi connectivity index (χ4v) is 1.94. The van der Waals surface area contributed by atoms with Crippen LogP contribution in [0, 0.1) is 11.3 Å². The van der Waals surface area contributed by atoms with Crippen molar-refractivity contribution in [1.29, 1.82) is 5.26 Å². The smallest absolute Gasteiger partial charge is 0.332 e. The van der Waals surface area contributed by atoms with Gasteiger partial charge in [0.25, 0.3) is 0 Å². The number of carboxylic acid groups (broad SMARTS) is 1. The van der Waals surface area contributed by atoms with Crippen LogP contribution in [0.1, 0.15) is 26.2 Å².